The highest BCUT2D eigenvalue weighted by atomic mass is 16.6. The molecule has 0 bridgehead atoms. The summed E-state index contributed by atoms with van der Waals surface area (Å²) in [6.07, 6.45) is 0.500. The van der Waals surface area contributed by atoms with Crippen molar-refractivity contribution in [2.75, 3.05) is 17.7 Å². The largest absolute Gasteiger partial charge is 0.468 e. The van der Waals surface area contributed by atoms with Gasteiger partial charge in [0.2, 0.25) is 0 Å². The van der Waals surface area contributed by atoms with Crippen LogP contribution in [0.3, 0.4) is 0 Å². The van der Waals surface area contributed by atoms with Crippen molar-refractivity contribution in [3.8, 4) is 0 Å². The van der Waals surface area contributed by atoms with Crippen LogP contribution >= 0.6 is 0 Å². The van der Waals surface area contributed by atoms with Gasteiger partial charge in [-0.25, -0.2) is 0 Å². The number of Topliss-reactive ketones (excluding diaryl/α,β-unsaturated/α-hetero) is 1. The maximum Gasteiger partial charge on any atom is 0.316 e. The number of para-hydroxylation sites is 2. The van der Waals surface area contributed by atoms with E-state index in [4.69, 9.17) is 4.74 Å². The molecule has 1 aliphatic heterocycles. The van der Waals surface area contributed by atoms with Gasteiger partial charge in [-0.1, -0.05) is 19.1 Å². The molecule has 2 aromatic carbocycles. The first-order chi connectivity index (χ1) is 14.4. The lowest BCUT2D eigenvalue weighted by Gasteiger charge is -2.32. The van der Waals surface area contributed by atoms with Crippen LogP contribution in [0.25, 0.3) is 0 Å². The second kappa shape index (κ2) is 7.62. The Morgan fingerprint density at radius 1 is 1.13 bits per heavy atom. The minimum atomic E-state index is -0.890. The maximum absolute atomic E-state index is 13.5. The number of anilines is 2. The number of nitro groups is 1. The number of non-ortho nitro benzene ring substituents is 1. The van der Waals surface area contributed by atoms with Crippen LogP contribution in [0.5, 0.6) is 0 Å². The summed E-state index contributed by atoms with van der Waals surface area (Å²) in [5.41, 5.74) is 3.48. The van der Waals surface area contributed by atoms with Crippen LogP contribution in [-0.2, 0) is 14.3 Å². The minimum Gasteiger partial charge on any atom is -0.468 e. The third-order valence-electron chi connectivity index (χ3n) is 5.66. The standard InChI is InChI=1S/C22H21N3O5/c1-12-11-17-19(21(26)18(12)22(27)30-2)20(13-7-9-14(10-8-13)25(28)29)24-16-6-4-3-5-15(16)23-17/h3-10,12,18,20,23-24H,11H2,1-2H3. The van der Waals surface area contributed by atoms with Gasteiger partial charge in [0.05, 0.1) is 29.4 Å². The molecular formula is C22H21N3O5. The maximum atomic E-state index is 13.5. The van der Waals surface area contributed by atoms with Crippen LogP contribution in [0.1, 0.15) is 24.9 Å². The Labute approximate surface area is 173 Å². The Hall–Kier alpha value is -3.68. The van der Waals surface area contributed by atoms with Gasteiger partial charge >= 0.3 is 5.97 Å². The molecule has 0 saturated carbocycles. The normalized spacial score (nSPS) is 22.7. The lowest BCUT2D eigenvalue weighted by atomic mass is 9.75. The second-order valence-electron chi connectivity index (χ2n) is 7.54. The molecular weight excluding hydrogens is 386 g/mol. The van der Waals surface area contributed by atoms with Gasteiger partial charge in [0.25, 0.3) is 5.69 Å². The number of esters is 1. The highest BCUT2D eigenvalue weighted by Crippen LogP contribution is 2.43. The molecule has 1 heterocycles. The second-order valence-corrected chi connectivity index (χ2v) is 7.54. The van der Waals surface area contributed by atoms with Gasteiger partial charge in [-0.2, -0.15) is 0 Å². The summed E-state index contributed by atoms with van der Waals surface area (Å²) in [6, 6.07) is 13.1. The zero-order chi connectivity index (χ0) is 21.4. The average molecular weight is 407 g/mol. The van der Waals surface area contributed by atoms with E-state index >= 15 is 0 Å². The van der Waals surface area contributed by atoms with Crippen molar-refractivity contribution in [2.24, 2.45) is 11.8 Å². The molecule has 2 N–H and O–H groups in total. The Balaban J connectivity index is 1.85. The van der Waals surface area contributed by atoms with E-state index in [9.17, 15) is 19.7 Å². The van der Waals surface area contributed by atoms with Gasteiger partial charge in [-0.3, -0.25) is 19.7 Å². The molecule has 0 fully saturated rings. The van der Waals surface area contributed by atoms with Crippen LogP contribution in [0.15, 0.2) is 59.8 Å². The quantitative estimate of drug-likeness (QED) is 0.344. The van der Waals surface area contributed by atoms with Gasteiger partial charge < -0.3 is 15.4 Å². The van der Waals surface area contributed by atoms with Crippen molar-refractivity contribution in [2.45, 2.75) is 19.4 Å². The van der Waals surface area contributed by atoms with Crippen molar-refractivity contribution in [1.82, 2.24) is 0 Å². The molecule has 3 unspecified atom stereocenters. The summed E-state index contributed by atoms with van der Waals surface area (Å²) in [5, 5.41) is 17.8. The van der Waals surface area contributed by atoms with Crippen molar-refractivity contribution in [1.29, 1.82) is 0 Å². The molecule has 154 valence electrons. The molecule has 4 rings (SSSR count). The molecule has 1 aliphatic carbocycles. The first-order valence-corrected chi connectivity index (χ1v) is 9.62. The number of benzene rings is 2. The summed E-state index contributed by atoms with van der Waals surface area (Å²) in [4.78, 5) is 36.4. The smallest absolute Gasteiger partial charge is 0.316 e. The van der Waals surface area contributed by atoms with E-state index in [1.54, 1.807) is 12.1 Å². The third-order valence-corrected chi connectivity index (χ3v) is 5.66. The SMILES string of the molecule is COC(=O)C1C(=O)C2=C(CC1C)Nc1ccccc1NC2c1ccc([N+](=O)[O-])cc1. The molecule has 0 aromatic heterocycles. The van der Waals surface area contributed by atoms with Gasteiger partial charge in [0, 0.05) is 23.4 Å². The number of hydrogen-bond donors (Lipinski definition) is 2. The molecule has 8 nitrogen and oxygen atoms in total. The molecule has 2 aliphatic rings. The van der Waals surface area contributed by atoms with E-state index in [2.05, 4.69) is 10.6 Å². The molecule has 3 atom stereocenters. The fourth-order valence-corrected chi connectivity index (χ4v) is 4.17. The van der Waals surface area contributed by atoms with Crippen molar-refractivity contribution in [3.63, 3.8) is 0 Å². The summed E-state index contributed by atoms with van der Waals surface area (Å²) in [5.74, 6) is -1.96. The lowest BCUT2D eigenvalue weighted by molar-refractivity contribution is -0.384. The first-order valence-electron chi connectivity index (χ1n) is 9.62. The summed E-state index contributed by atoms with van der Waals surface area (Å²) >= 11 is 0. The Morgan fingerprint density at radius 2 is 1.80 bits per heavy atom. The molecule has 2 aromatic rings. The zero-order valence-corrected chi connectivity index (χ0v) is 16.5. The number of nitro benzene ring substituents is 1. The molecule has 0 radical (unpaired) electrons. The van der Waals surface area contributed by atoms with Crippen LogP contribution in [-0.4, -0.2) is 23.8 Å². The monoisotopic (exact) mass is 407 g/mol. The van der Waals surface area contributed by atoms with Gasteiger partial charge in [0.1, 0.15) is 5.92 Å². The fraction of sp³-hybridized carbons (Fsp3) is 0.273. The number of nitrogens with zero attached hydrogens (tertiary/aromatic N) is 1. The summed E-state index contributed by atoms with van der Waals surface area (Å²) in [6.45, 7) is 1.86. The number of fused-ring (bicyclic) bond motifs is 1. The van der Waals surface area contributed by atoms with Gasteiger partial charge in [-0.05, 0) is 42.2 Å². The molecule has 0 spiro atoms. The zero-order valence-electron chi connectivity index (χ0n) is 16.5. The van der Waals surface area contributed by atoms with Crippen LogP contribution in [0, 0.1) is 22.0 Å². The topological polar surface area (TPSA) is 111 Å². The van der Waals surface area contributed by atoms with Gasteiger partial charge in [0.15, 0.2) is 5.78 Å². The summed E-state index contributed by atoms with van der Waals surface area (Å²) < 4.78 is 4.89. The number of carbonyl (C=O) groups is 2. The number of methoxy groups -OCH3 is 1. The van der Waals surface area contributed by atoms with Crippen molar-refractivity contribution in [3.05, 3.63) is 75.5 Å². The highest BCUT2D eigenvalue weighted by molar-refractivity contribution is 6.11. The average Bonchev–Trinajstić information content (AvgIpc) is 2.90. The molecule has 8 heteroatoms. The summed E-state index contributed by atoms with van der Waals surface area (Å²) in [7, 11) is 1.28. The number of carbonyl (C=O) groups excluding carboxylic acids is 2. The van der Waals surface area contributed by atoms with Crippen molar-refractivity contribution < 1.29 is 19.2 Å². The predicted octanol–water partition coefficient (Wildman–Crippen LogP) is 3.83. The lowest BCUT2D eigenvalue weighted by Crippen LogP contribution is -2.39. The third kappa shape index (κ3) is 3.30. The van der Waals surface area contributed by atoms with Crippen molar-refractivity contribution >= 4 is 28.8 Å². The van der Waals surface area contributed by atoms with E-state index in [-0.39, 0.29) is 17.4 Å². The molecule has 30 heavy (non-hydrogen) atoms. The molecule has 0 saturated heterocycles. The van der Waals surface area contributed by atoms with E-state index in [1.807, 2.05) is 31.2 Å². The first kappa shape index (κ1) is 19.6. The fourth-order valence-electron chi connectivity index (χ4n) is 4.17. The Kier molecular flexibility index (Phi) is 4.99. The highest BCUT2D eigenvalue weighted by Gasteiger charge is 2.44. The minimum absolute atomic E-state index is 0.0314. The Bertz CT molecular complexity index is 1060. The number of ketones is 1. The number of ether oxygens (including phenoxy) is 1. The van der Waals surface area contributed by atoms with E-state index in [0.717, 1.165) is 17.1 Å². The molecule has 0 amide bonds. The van der Waals surface area contributed by atoms with E-state index in [0.29, 0.717) is 17.6 Å². The van der Waals surface area contributed by atoms with Gasteiger partial charge in [-0.15, -0.1) is 0 Å². The van der Waals surface area contributed by atoms with Crippen LogP contribution in [0.4, 0.5) is 17.1 Å². The van der Waals surface area contributed by atoms with Crippen LogP contribution < -0.4 is 10.6 Å². The number of allylic oxidation sites excluding steroid dienone is 1. The van der Waals surface area contributed by atoms with E-state index in [1.165, 1.54) is 19.2 Å². The Morgan fingerprint density at radius 3 is 2.43 bits per heavy atom. The number of nitrogens with one attached hydrogen (secondary N) is 2. The van der Waals surface area contributed by atoms with E-state index < -0.39 is 22.9 Å². The predicted molar refractivity (Wildman–Crippen MR) is 111 cm³/mol. The number of rotatable bonds is 3. The van der Waals surface area contributed by atoms with Crippen LogP contribution in [0.2, 0.25) is 0 Å². The number of hydrogen-bond acceptors (Lipinski definition) is 7.